The van der Waals surface area contributed by atoms with E-state index in [1.165, 1.54) is 16.5 Å². The number of carbonyl (C=O) groups excluding carboxylic acids is 4. The van der Waals surface area contributed by atoms with Gasteiger partial charge in [0.2, 0.25) is 17.8 Å². The molecule has 2 aromatic heterocycles. The maximum absolute atomic E-state index is 13.0. The number of fused-ring (bicyclic) bond motifs is 2. The van der Waals surface area contributed by atoms with Crippen LogP contribution in [0.25, 0.3) is 10.9 Å². The van der Waals surface area contributed by atoms with E-state index in [0.29, 0.717) is 118 Å². The molecule has 5 aromatic rings. The number of nitrogens with zero attached hydrogens (tertiary/aromatic N) is 5. The third kappa shape index (κ3) is 12.5. The third-order valence-electron chi connectivity index (χ3n) is 12.1. The Balaban J connectivity index is 0.677. The van der Waals surface area contributed by atoms with Crippen LogP contribution in [0.4, 0.5) is 17.5 Å². The summed E-state index contributed by atoms with van der Waals surface area (Å²) in [7, 11) is 3.15. The minimum absolute atomic E-state index is 0.0684. The molecule has 19 nitrogen and oxygen atoms in total. The van der Waals surface area contributed by atoms with E-state index in [1.807, 2.05) is 48.5 Å². The lowest BCUT2D eigenvalue weighted by Gasteiger charge is -2.32. The first-order chi connectivity index (χ1) is 33.5. The number of rotatable bonds is 22. The van der Waals surface area contributed by atoms with Gasteiger partial charge in [-0.2, -0.15) is 4.98 Å². The molecule has 2 saturated heterocycles. The van der Waals surface area contributed by atoms with Crippen LogP contribution in [0.5, 0.6) is 17.2 Å². The van der Waals surface area contributed by atoms with E-state index in [9.17, 15) is 24.0 Å². The van der Waals surface area contributed by atoms with Crippen LogP contribution in [0.15, 0.2) is 77.7 Å². The van der Waals surface area contributed by atoms with Crippen LogP contribution in [0.3, 0.4) is 0 Å². The lowest BCUT2D eigenvalue weighted by atomic mass is 10.0. The Morgan fingerprint density at radius 2 is 1.62 bits per heavy atom. The summed E-state index contributed by atoms with van der Waals surface area (Å²) in [5.41, 5.74) is 3.43. The molecule has 8 rings (SSSR count). The Labute approximate surface area is 403 Å². The van der Waals surface area contributed by atoms with Crippen molar-refractivity contribution < 1.29 is 47.6 Å². The van der Waals surface area contributed by atoms with Gasteiger partial charge in [0.1, 0.15) is 29.2 Å². The molecule has 364 valence electrons. The quantitative estimate of drug-likeness (QED) is 0.0651. The van der Waals surface area contributed by atoms with Gasteiger partial charge in [0.25, 0.3) is 17.4 Å². The van der Waals surface area contributed by atoms with Crippen molar-refractivity contribution >= 4 is 63.6 Å². The molecule has 3 aromatic carbocycles. The fraction of sp³-hybridized carbons (Fsp3) is 0.408. The zero-order valence-corrected chi connectivity index (χ0v) is 39.3. The molecule has 0 bridgehead atoms. The summed E-state index contributed by atoms with van der Waals surface area (Å²) in [6.07, 6.45) is 4.45. The van der Waals surface area contributed by atoms with Crippen LogP contribution < -0.4 is 40.6 Å². The van der Waals surface area contributed by atoms with E-state index in [2.05, 4.69) is 25.8 Å². The van der Waals surface area contributed by atoms with Crippen molar-refractivity contribution in [3.05, 3.63) is 105 Å². The van der Waals surface area contributed by atoms with E-state index in [1.54, 1.807) is 31.4 Å². The van der Waals surface area contributed by atoms with Gasteiger partial charge in [-0.3, -0.25) is 29.3 Å². The number of aryl methyl sites for hydroxylation is 1. The highest BCUT2D eigenvalue weighted by Crippen LogP contribution is 2.31. The van der Waals surface area contributed by atoms with E-state index in [-0.39, 0.29) is 48.2 Å². The zero-order valence-electron chi connectivity index (χ0n) is 38.5. The van der Waals surface area contributed by atoms with Gasteiger partial charge in [0.05, 0.1) is 57.5 Å². The number of benzene rings is 3. The third-order valence-corrected chi connectivity index (χ3v) is 12.3. The Bertz CT molecular complexity index is 2730. The van der Waals surface area contributed by atoms with Gasteiger partial charge in [-0.1, -0.05) is 23.7 Å². The van der Waals surface area contributed by atoms with Gasteiger partial charge in [-0.25, -0.2) is 4.98 Å². The predicted molar refractivity (Wildman–Crippen MR) is 256 cm³/mol. The fourth-order valence-corrected chi connectivity index (χ4v) is 8.48. The summed E-state index contributed by atoms with van der Waals surface area (Å²) < 4.78 is 36.4. The van der Waals surface area contributed by atoms with Crippen LogP contribution in [0.1, 0.15) is 47.2 Å². The summed E-state index contributed by atoms with van der Waals surface area (Å²) in [5.74, 6) is 1.14. The number of amides is 4. The molecule has 3 aliphatic rings. The fourth-order valence-electron chi connectivity index (χ4n) is 8.34. The number of nitrogens with one attached hydrogen (secondary N) is 3. The van der Waals surface area contributed by atoms with Crippen molar-refractivity contribution in [1.82, 2.24) is 30.1 Å². The van der Waals surface area contributed by atoms with E-state index >= 15 is 0 Å². The van der Waals surface area contributed by atoms with Crippen LogP contribution >= 0.6 is 11.6 Å². The number of hydrogen-bond acceptors (Lipinski definition) is 15. The number of piperidine rings is 2. The Hall–Kier alpha value is -6.80. The maximum atomic E-state index is 13.0. The van der Waals surface area contributed by atoms with Gasteiger partial charge < -0.3 is 53.4 Å². The highest BCUT2D eigenvalue weighted by atomic mass is 35.5. The van der Waals surface area contributed by atoms with E-state index < -0.39 is 11.9 Å². The van der Waals surface area contributed by atoms with Crippen molar-refractivity contribution in [1.29, 1.82) is 0 Å². The first-order valence-corrected chi connectivity index (χ1v) is 23.3. The lowest BCUT2D eigenvalue weighted by Crippen LogP contribution is -2.52. The van der Waals surface area contributed by atoms with Gasteiger partial charge in [0, 0.05) is 63.2 Å². The second-order valence-corrected chi connectivity index (χ2v) is 17.1. The molecule has 3 aliphatic heterocycles. The molecule has 0 spiro atoms. The highest BCUT2D eigenvalue weighted by Gasteiger charge is 2.39. The minimum atomic E-state index is -0.654. The summed E-state index contributed by atoms with van der Waals surface area (Å²) >= 11 is 6.52. The molecule has 0 saturated carbocycles. The van der Waals surface area contributed by atoms with Crippen LogP contribution in [-0.4, -0.2) is 128 Å². The van der Waals surface area contributed by atoms with Gasteiger partial charge in [0.15, 0.2) is 18.2 Å². The molecular formula is C49H55ClN8O11. The molecule has 4 amide bonds. The Morgan fingerprint density at radius 1 is 0.855 bits per heavy atom. The van der Waals surface area contributed by atoms with Crippen molar-refractivity contribution in [2.75, 3.05) is 83.2 Å². The lowest BCUT2D eigenvalue weighted by molar-refractivity contribution is -0.137. The number of hydrogen-bond donors (Lipinski definition) is 3. The molecule has 69 heavy (non-hydrogen) atoms. The normalized spacial score (nSPS) is 16.1. The molecule has 1 atom stereocenters. The number of halogens is 1. The maximum Gasteiger partial charge on any atom is 0.293 e. The van der Waals surface area contributed by atoms with E-state index in [0.717, 1.165) is 35.1 Å². The molecule has 0 aliphatic carbocycles. The average Bonchev–Trinajstić information content (AvgIpc) is 3.68. The number of imide groups is 1. The topological polar surface area (TPSA) is 214 Å². The first-order valence-electron chi connectivity index (χ1n) is 22.9. The van der Waals surface area contributed by atoms with Crippen LogP contribution in [0, 0.1) is 0 Å². The zero-order chi connectivity index (χ0) is 48.3. The second kappa shape index (κ2) is 23.0. The molecule has 3 N–H and O–H groups in total. The molecule has 1 unspecified atom stereocenters. The standard InChI is InChI=1S/C49H55ClN8O11/c1-51-44(60)30-69-42-27-32-25-34(6-9-40(32)56(2)48(42)63)53-45-39(50)28-52-49(55-45)57-15-12-35(13-16-57)67-22-20-64-18-19-65-21-23-68-36-5-3-4-31(24-36)14-17-66-37-7-8-38-33(26-37)29-58(47(38)62)41-10-11-43(59)54-46(41)61/h3-9,24-28,35,41H,10-23,29-30H2,1-2H3,(H,51,60)(H,52,53,55)(H,54,59,61). The summed E-state index contributed by atoms with van der Waals surface area (Å²) in [5, 5.41) is 9.16. The largest absolute Gasteiger partial charge is 0.493 e. The van der Waals surface area contributed by atoms with Gasteiger partial charge >= 0.3 is 0 Å². The SMILES string of the molecule is CNC(=O)COc1cc2cc(Nc3nc(N4CCC(OCCOCCOCCOc5cccc(CCOc6ccc7c(c6)CN(C6CCC(=O)NC6=O)C7=O)c5)CC4)ncc3Cl)ccc2n(C)c1=O. The smallest absolute Gasteiger partial charge is 0.293 e. The van der Waals surface area contributed by atoms with Crippen LogP contribution in [0.2, 0.25) is 5.02 Å². The van der Waals surface area contributed by atoms with Crippen molar-refractivity contribution in [2.45, 2.75) is 50.8 Å². The van der Waals surface area contributed by atoms with Gasteiger partial charge in [-0.15, -0.1) is 0 Å². The molecule has 5 heterocycles. The monoisotopic (exact) mass is 966 g/mol. The van der Waals surface area contributed by atoms with E-state index in [4.69, 9.17) is 45.0 Å². The first kappa shape index (κ1) is 48.6. The van der Waals surface area contributed by atoms with Crippen LogP contribution in [-0.2, 0) is 48.6 Å². The van der Waals surface area contributed by atoms with Crippen molar-refractivity contribution in [2.24, 2.45) is 7.05 Å². The number of carbonyl (C=O) groups is 4. The Kier molecular flexibility index (Phi) is 16.2. The van der Waals surface area contributed by atoms with Crippen molar-refractivity contribution in [3.8, 4) is 17.2 Å². The summed E-state index contributed by atoms with van der Waals surface area (Å²) in [6, 6.07) is 19.6. The summed E-state index contributed by atoms with van der Waals surface area (Å²) in [6.45, 7) is 4.47. The second-order valence-electron chi connectivity index (χ2n) is 16.7. The molecule has 0 radical (unpaired) electrons. The average molecular weight is 967 g/mol. The number of aromatic nitrogens is 3. The summed E-state index contributed by atoms with van der Waals surface area (Å²) in [4.78, 5) is 74.2. The number of ether oxygens (including phenoxy) is 6. The van der Waals surface area contributed by atoms with Crippen molar-refractivity contribution in [3.63, 3.8) is 0 Å². The highest BCUT2D eigenvalue weighted by molar-refractivity contribution is 6.33. The number of pyridine rings is 1. The Morgan fingerprint density at radius 3 is 2.42 bits per heavy atom. The minimum Gasteiger partial charge on any atom is -0.493 e. The molecule has 2 fully saturated rings. The number of anilines is 3. The van der Waals surface area contributed by atoms with Gasteiger partial charge in [-0.05, 0) is 85.0 Å². The predicted octanol–water partition coefficient (Wildman–Crippen LogP) is 4.33. The molecule has 20 heteroatoms. The molecular weight excluding hydrogens is 912 g/mol. The number of likely N-dealkylation sites (N-methyl/N-ethyl adjacent to an activating group) is 1.